The lowest BCUT2D eigenvalue weighted by Gasteiger charge is -2.21. The summed E-state index contributed by atoms with van der Waals surface area (Å²) in [7, 11) is 0. The number of hydrogen-bond acceptors (Lipinski definition) is 3. The highest BCUT2D eigenvalue weighted by atomic mass is 19.4. The molecule has 0 spiro atoms. The van der Waals surface area contributed by atoms with Crippen LogP contribution in [0.1, 0.15) is 43.5 Å². The minimum absolute atomic E-state index is 0.0706. The second-order valence-electron chi connectivity index (χ2n) is 6.06. The van der Waals surface area contributed by atoms with Crippen molar-refractivity contribution in [3.8, 4) is 0 Å². The molecule has 1 unspecified atom stereocenters. The van der Waals surface area contributed by atoms with Gasteiger partial charge in [-0.15, -0.1) is 0 Å². The Bertz CT molecular complexity index is 537. The van der Waals surface area contributed by atoms with Gasteiger partial charge in [0.1, 0.15) is 5.60 Å². The summed E-state index contributed by atoms with van der Waals surface area (Å²) in [6.45, 7) is 6.81. The fraction of sp³-hybridized carbons (Fsp3) is 0.533. The quantitative estimate of drug-likeness (QED) is 0.896. The zero-order valence-corrected chi connectivity index (χ0v) is 13.0. The Kier molecular flexibility index (Phi) is 5.45. The molecule has 3 N–H and O–H groups in total. The topological polar surface area (TPSA) is 64.3 Å². The molecule has 4 nitrogen and oxygen atoms in total. The van der Waals surface area contributed by atoms with Crippen molar-refractivity contribution in [2.24, 2.45) is 5.73 Å². The van der Waals surface area contributed by atoms with Crippen LogP contribution in [0.4, 0.5) is 18.0 Å². The molecule has 1 atom stereocenters. The van der Waals surface area contributed by atoms with E-state index >= 15 is 0 Å². The van der Waals surface area contributed by atoms with Gasteiger partial charge >= 0.3 is 12.3 Å². The highest BCUT2D eigenvalue weighted by Gasteiger charge is 2.31. The van der Waals surface area contributed by atoms with Gasteiger partial charge in [-0.1, -0.05) is 6.07 Å². The number of nitrogens with two attached hydrogens (primary N) is 1. The Morgan fingerprint density at radius 1 is 1.32 bits per heavy atom. The monoisotopic (exact) mass is 318 g/mol. The van der Waals surface area contributed by atoms with Gasteiger partial charge in [-0.25, -0.2) is 4.79 Å². The highest BCUT2D eigenvalue weighted by Crippen LogP contribution is 2.31. The largest absolute Gasteiger partial charge is 0.444 e. The van der Waals surface area contributed by atoms with Crippen LogP contribution in [0, 0.1) is 6.92 Å². The Hall–Kier alpha value is -1.76. The average Bonchev–Trinajstić information content (AvgIpc) is 2.32. The van der Waals surface area contributed by atoms with E-state index in [1.807, 2.05) is 0 Å². The van der Waals surface area contributed by atoms with Gasteiger partial charge in [-0.2, -0.15) is 13.2 Å². The van der Waals surface area contributed by atoms with Gasteiger partial charge in [0.05, 0.1) is 5.56 Å². The maximum atomic E-state index is 12.6. The number of halogens is 3. The number of rotatable bonds is 3. The third kappa shape index (κ3) is 5.55. The second-order valence-corrected chi connectivity index (χ2v) is 6.06. The number of amides is 1. The lowest BCUT2D eigenvalue weighted by atomic mass is 9.99. The number of alkyl carbamates (subject to hydrolysis) is 1. The minimum Gasteiger partial charge on any atom is -0.444 e. The van der Waals surface area contributed by atoms with Crippen LogP contribution in [0.2, 0.25) is 0 Å². The van der Waals surface area contributed by atoms with Gasteiger partial charge in [0.25, 0.3) is 0 Å². The van der Waals surface area contributed by atoms with E-state index in [1.54, 1.807) is 27.7 Å². The fourth-order valence-electron chi connectivity index (χ4n) is 1.89. The van der Waals surface area contributed by atoms with E-state index < -0.39 is 29.5 Å². The lowest BCUT2D eigenvalue weighted by molar-refractivity contribution is -0.137. The zero-order chi connectivity index (χ0) is 17.1. The molecule has 1 amide bonds. The van der Waals surface area contributed by atoms with Crippen LogP contribution in [0.3, 0.4) is 0 Å². The predicted molar refractivity (Wildman–Crippen MR) is 77.3 cm³/mol. The number of alkyl halides is 3. The van der Waals surface area contributed by atoms with Crippen LogP contribution in [-0.4, -0.2) is 18.2 Å². The Morgan fingerprint density at radius 2 is 1.91 bits per heavy atom. The first-order chi connectivity index (χ1) is 9.90. The van der Waals surface area contributed by atoms with E-state index in [0.717, 1.165) is 12.1 Å². The van der Waals surface area contributed by atoms with E-state index in [0.29, 0.717) is 11.1 Å². The molecule has 0 aliphatic carbocycles. The molecule has 0 bridgehead atoms. The SMILES string of the molecule is Cc1cc(C(F)(F)F)ccc1C(N)CNC(=O)OC(C)(C)C. The van der Waals surface area contributed by atoms with Crippen molar-refractivity contribution in [2.75, 3.05) is 6.54 Å². The third-order valence-corrected chi connectivity index (χ3v) is 2.86. The molecule has 0 aliphatic rings. The first kappa shape index (κ1) is 18.3. The molecule has 0 radical (unpaired) electrons. The maximum absolute atomic E-state index is 12.6. The first-order valence-electron chi connectivity index (χ1n) is 6.80. The van der Waals surface area contributed by atoms with Crippen LogP contribution >= 0.6 is 0 Å². The van der Waals surface area contributed by atoms with Crippen molar-refractivity contribution < 1.29 is 22.7 Å². The normalized spacial score (nSPS) is 13.6. The van der Waals surface area contributed by atoms with Crippen molar-refractivity contribution in [1.29, 1.82) is 0 Å². The molecule has 124 valence electrons. The molecule has 22 heavy (non-hydrogen) atoms. The summed E-state index contributed by atoms with van der Waals surface area (Å²) in [4.78, 5) is 11.5. The van der Waals surface area contributed by atoms with Gasteiger partial charge in [-0.3, -0.25) is 0 Å². The highest BCUT2D eigenvalue weighted by molar-refractivity contribution is 5.67. The molecule has 0 aliphatic heterocycles. The number of carbonyl (C=O) groups excluding carboxylic acids is 1. The molecule has 1 aromatic rings. The summed E-state index contributed by atoms with van der Waals surface area (Å²) in [6.07, 6.45) is -5.00. The number of benzene rings is 1. The summed E-state index contributed by atoms with van der Waals surface area (Å²) in [6, 6.07) is 2.74. The summed E-state index contributed by atoms with van der Waals surface area (Å²) < 4.78 is 42.9. The number of nitrogens with one attached hydrogen (secondary N) is 1. The number of carbonyl (C=O) groups is 1. The van der Waals surface area contributed by atoms with Crippen molar-refractivity contribution in [2.45, 2.75) is 45.5 Å². The number of ether oxygens (including phenoxy) is 1. The molecular formula is C15H21F3N2O2. The zero-order valence-electron chi connectivity index (χ0n) is 13.0. The Balaban J connectivity index is 2.70. The van der Waals surface area contributed by atoms with Gasteiger partial charge in [0.15, 0.2) is 0 Å². The number of aryl methyl sites for hydroxylation is 1. The molecule has 1 aromatic carbocycles. The van der Waals surface area contributed by atoms with E-state index in [2.05, 4.69) is 5.32 Å². The van der Waals surface area contributed by atoms with Gasteiger partial charge in [0, 0.05) is 12.6 Å². The Labute approximate surface area is 127 Å². The molecule has 0 saturated heterocycles. The van der Waals surface area contributed by atoms with Gasteiger partial charge in [0.2, 0.25) is 0 Å². The molecule has 7 heteroatoms. The minimum atomic E-state index is -4.39. The average molecular weight is 318 g/mol. The van der Waals surface area contributed by atoms with Crippen molar-refractivity contribution in [3.63, 3.8) is 0 Å². The van der Waals surface area contributed by atoms with Crippen LogP contribution in [0.5, 0.6) is 0 Å². The lowest BCUT2D eigenvalue weighted by Crippen LogP contribution is -2.36. The summed E-state index contributed by atoms with van der Waals surface area (Å²) >= 11 is 0. The van der Waals surface area contributed by atoms with E-state index in [1.165, 1.54) is 6.07 Å². The van der Waals surface area contributed by atoms with E-state index in [9.17, 15) is 18.0 Å². The standard InChI is InChI=1S/C15H21F3N2O2/c1-9-7-10(15(16,17)18)5-6-11(9)12(19)8-20-13(21)22-14(2,3)4/h5-7,12H,8,19H2,1-4H3,(H,20,21). The van der Waals surface area contributed by atoms with Crippen molar-refractivity contribution in [3.05, 3.63) is 34.9 Å². The molecule has 0 fully saturated rings. The van der Waals surface area contributed by atoms with E-state index in [-0.39, 0.29) is 6.54 Å². The molecular weight excluding hydrogens is 297 g/mol. The van der Waals surface area contributed by atoms with Crippen LogP contribution in [-0.2, 0) is 10.9 Å². The van der Waals surface area contributed by atoms with Gasteiger partial charge in [-0.05, 0) is 51.0 Å². The maximum Gasteiger partial charge on any atom is 0.416 e. The first-order valence-corrected chi connectivity index (χ1v) is 6.80. The van der Waals surface area contributed by atoms with Crippen LogP contribution in [0.25, 0.3) is 0 Å². The molecule has 0 heterocycles. The second kappa shape index (κ2) is 6.56. The van der Waals surface area contributed by atoms with E-state index in [4.69, 9.17) is 10.5 Å². The van der Waals surface area contributed by atoms with Crippen LogP contribution < -0.4 is 11.1 Å². The molecule has 0 saturated carbocycles. The molecule has 1 rings (SSSR count). The van der Waals surface area contributed by atoms with Gasteiger partial charge < -0.3 is 15.8 Å². The third-order valence-electron chi connectivity index (χ3n) is 2.86. The van der Waals surface area contributed by atoms with Crippen molar-refractivity contribution >= 4 is 6.09 Å². The Morgan fingerprint density at radius 3 is 2.36 bits per heavy atom. The number of hydrogen-bond donors (Lipinski definition) is 2. The summed E-state index contributed by atoms with van der Waals surface area (Å²) in [5, 5.41) is 2.50. The summed E-state index contributed by atoms with van der Waals surface area (Å²) in [5.74, 6) is 0. The predicted octanol–water partition coefficient (Wildman–Crippen LogP) is 3.54. The van der Waals surface area contributed by atoms with Crippen LogP contribution in [0.15, 0.2) is 18.2 Å². The smallest absolute Gasteiger partial charge is 0.416 e. The fourth-order valence-corrected chi connectivity index (χ4v) is 1.89. The summed E-state index contributed by atoms with van der Waals surface area (Å²) in [5.41, 5.74) is 5.54. The molecule has 0 aromatic heterocycles. The van der Waals surface area contributed by atoms with Crippen molar-refractivity contribution in [1.82, 2.24) is 5.32 Å².